The normalized spacial score (nSPS) is 11.5. The Morgan fingerprint density at radius 3 is 2.73 bits per heavy atom. The zero-order valence-electron chi connectivity index (χ0n) is 5.12. The van der Waals surface area contributed by atoms with Gasteiger partial charge in [-0.05, 0) is 0 Å². The highest BCUT2D eigenvalue weighted by molar-refractivity contribution is 5.75. The van der Waals surface area contributed by atoms with Gasteiger partial charge in [0.2, 0.25) is 0 Å². The second-order valence-corrected chi connectivity index (χ2v) is 1.72. The van der Waals surface area contributed by atoms with Gasteiger partial charge >= 0.3 is 11.9 Å². The van der Waals surface area contributed by atoms with Crippen LogP contribution >= 0.6 is 0 Å². The van der Waals surface area contributed by atoms with E-state index in [1.54, 1.807) is 0 Å². The Kier molecular flexibility index (Phi) is 1.60. The van der Waals surface area contributed by atoms with Crippen LogP contribution < -0.4 is 0 Å². The fourth-order valence-corrected chi connectivity index (χ4v) is 0.470. The van der Waals surface area contributed by atoms with E-state index in [0.29, 0.717) is 0 Å². The largest absolute Gasteiger partial charge is 0.476 e. The van der Waals surface area contributed by atoms with Crippen molar-refractivity contribution in [1.82, 2.24) is 4.98 Å². The maximum absolute atomic E-state index is 12.4. The number of rotatable bonds is 2. The highest BCUT2D eigenvalue weighted by Crippen LogP contribution is 2.25. The number of alkyl halides is 2. The number of carbonyl (C=O) groups is 1. The Morgan fingerprint density at radius 1 is 1.73 bits per heavy atom. The number of hydrogen-bond acceptors (Lipinski definition) is 3. The Balaban J connectivity index is 3.00. The third-order valence-corrected chi connectivity index (χ3v) is 0.970. The molecule has 1 aromatic heterocycles. The molecule has 60 valence electrons. The number of aromatic nitrogens is 1. The van der Waals surface area contributed by atoms with Gasteiger partial charge in [-0.15, -0.1) is 0 Å². The molecule has 1 heterocycles. The van der Waals surface area contributed by atoms with Crippen LogP contribution in [-0.2, 0) is 10.7 Å². The standard InChI is InChI=1S/C5H3F2NO3/c6-5(7,4(9)10)3-8-1-2-11-3/h1-2H,(H,9,10). The molecule has 0 aliphatic carbocycles. The maximum Gasteiger partial charge on any atom is 0.416 e. The van der Waals surface area contributed by atoms with Gasteiger partial charge in [-0.3, -0.25) is 0 Å². The van der Waals surface area contributed by atoms with E-state index >= 15 is 0 Å². The predicted molar refractivity (Wildman–Crippen MR) is 28.0 cm³/mol. The number of oxazole rings is 1. The molecule has 0 saturated carbocycles. The molecular formula is C5H3F2NO3. The molecule has 0 bridgehead atoms. The molecule has 0 fully saturated rings. The van der Waals surface area contributed by atoms with Crippen molar-refractivity contribution in [3.05, 3.63) is 18.4 Å². The Labute approximate surface area is 59.5 Å². The van der Waals surface area contributed by atoms with Crippen molar-refractivity contribution in [1.29, 1.82) is 0 Å². The lowest BCUT2D eigenvalue weighted by Gasteiger charge is -2.04. The zero-order chi connectivity index (χ0) is 8.48. The van der Waals surface area contributed by atoms with E-state index in [-0.39, 0.29) is 0 Å². The average Bonchev–Trinajstić information content (AvgIpc) is 2.37. The molecule has 0 radical (unpaired) electrons. The van der Waals surface area contributed by atoms with Crippen LogP contribution in [0, 0.1) is 0 Å². The summed E-state index contributed by atoms with van der Waals surface area (Å²) in [4.78, 5) is 12.9. The molecule has 6 heteroatoms. The second-order valence-electron chi connectivity index (χ2n) is 1.72. The summed E-state index contributed by atoms with van der Waals surface area (Å²) >= 11 is 0. The van der Waals surface area contributed by atoms with Gasteiger partial charge in [-0.25, -0.2) is 9.78 Å². The summed E-state index contributed by atoms with van der Waals surface area (Å²) in [6.07, 6.45) is 1.83. The van der Waals surface area contributed by atoms with Crippen molar-refractivity contribution in [2.75, 3.05) is 0 Å². The van der Waals surface area contributed by atoms with Crippen LogP contribution in [0.1, 0.15) is 5.89 Å². The van der Waals surface area contributed by atoms with Crippen LogP contribution in [-0.4, -0.2) is 16.1 Å². The highest BCUT2D eigenvalue weighted by atomic mass is 19.3. The predicted octanol–water partition coefficient (Wildman–Crippen LogP) is 0.851. The molecule has 0 unspecified atom stereocenters. The topological polar surface area (TPSA) is 63.3 Å². The maximum atomic E-state index is 12.4. The first-order chi connectivity index (χ1) is 5.05. The van der Waals surface area contributed by atoms with Gasteiger partial charge in [0.25, 0.3) is 5.89 Å². The van der Waals surface area contributed by atoms with Crippen LogP contribution in [0.25, 0.3) is 0 Å². The van der Waals surface area contributed by atoms with E-state index in [1.165, 1.54) is 0 Å². The van der Waals surface area contributed by atoms with E-state index in [4.69, 9.17) is 5.11 Å². The number of nitrogens with zero attached hydrogens (tertiary/aromatic N) is 1. The molecule has 0 saturated heterocycles. The molecule has 0 atom stereocenters. The lowest BCUT2D eigenvalue weighted by Crippen LogP contribution is -2.25. The minimum Gasteiger partial charge on any atom is -0.476 e. The van der Waals surface area contributed by atoms with Crippen molar-refractivity contribution in [3.8, 4) is 0 Å². The van der Waals surface area contributed by atoms with Crippen LogP contribution in [0.15, 0.2) is 16.9 Å². The van der Waals surface area contributed by atoms with E-state index in [1.807, 2.05) is 0 Å². The van der Waals surface area contributed by atoms with Crippen molar-refractivity contribution in [3.63, 3.8) is 0 Å². The lowest BCUT2D eigenvalue weighted by molar-refractivity contribution is -0.169. The summed E-state index contributed by atoms with van der Waals surface area (Å²) in [5, 5.41) is 7.96. The van der Waals surface area contributed by atoms with Crippen molar-refractivity contribution in [2.24, 2.45) is 0 Å². The van der Waals surface area contributed by atoms with Gasteiger partial charge in [0, 0.05) is 0 Å². The van der Waals surface area contributed by atoms with Crippen LogP contribution in [0.4, 0.5) is 8.78 Å². The lowest BCUT2D eigenvalue weighted by atomic mass is 10.3. The fraction of sp³-hybridized carbons (Fsp3) is 0.200. The summed E-state index contributed by atoms with van der Waals surface area (Å²) in [7, 11) is 0. The van der Waals surface area contributed by atoms with Crippen molar-refractivity contribution >= 4 is 5.97 Å². The smallest absolute Gasteiger partial charge is 0.416 e. The third-order valence-electron chi connectivity index (χ3n) is 0.970. The van der Waals surface area contributed by atoms with Crippen LogP contribution in [0.2, 0.25) is 0 Å². The molecule has 1 N–H and O–H groups in total. The van der Waals surface area contributed by atoms with E-state index in [0.717, 1.165) is 12.5 Å². The third kappa shape index (κ3) is 1.19. The molecule has 0 aromatic carbocycles. The SMILES string of the molecule is O=C(O)C(F)(F)c1ncco1. The van der Waals surface area contributed by atoms with Crippen LogP contribution in [0.3, 0.4) is 0 Å². The minimum atomic E-state index is -4.04. The molecule has 0 amide bonds. The van der Waals surface area contributed by atoms with E-state index in [9.17, 15) is 13.6 Å². The van der Waals surface area contributed by atoms with Gasteiger partial charge < -0.3 is 9.52 Å². The van der Waals surface area contributed by atoms with Crippen molar-refractivity contribution < 1.29 is 23.1 Å². The summed E-state index contributed by atoms with van der Waals surface area (Å²) in [5.74, 6) is -7.42. The Morgan fingerprint density at radius 2 is 2.36 bits per heavy atom. The number of hydrogen-bond donors (Lipinski definition) is 1. The summed E-state index contributed by atoms with van der Waals surface area (Å²) < 4.78 is 28.8. The number of carboxylic acids is 1. The molecule has 0 spiro atoms. The second kappa shape index (κ2) is 2.30. The molecule has 1 aromatic rings. The Hall–Kier alpha value is -1.46. The fourth-order valence-electron chi connectivity index (χ4n) is 0.470. The van der Waals surface area contributed by atoms with Gasteiger partial charge in [-0.2, -0.15) is 8.78 Å². The minimum absolute atomic E-state index is 0.881. The summed E-state index contributed by atoms with van der Waals surface area (Å²) in [6, 6.07) is 0. The molecule has 11 heavy (non-hydrogen) atoms. The first-order valence-electron chi connectivity index (χ1n) is 2.56. The monoisotopic (exact) mass is 163 g/mol. The highest BCUT2D eigenvalue weighted by Gasteiger charge is 2.45. The zero-order valence-corrected chi connectivity index (χ0v) is 5.12. The molecule has 0 aliphatic heterocycles. The van der Waals surface area contributed by atoms with Crippen LogP contribution in [0.5, 0.6) is 0 Å². The first kappa shape index (κ1) is 7.64. The quantitative estimate of drug-likeness (QED) is 0.701. The van der Waals surface area contributed by atoms with Gasteiger partial charge in [0.05, 0.1) is 6.20 Å². The van der Waals surface area contributed by atoms with Gasteiger partial charge in [0.1, 0.15) is 6.26 Å². The summed E-state index contributed by atoms with van der Waals surface area (Å²) in [5.41, 5.74) is 0. The molecule has 4 nitrogen and oxygen atoms in total. The summed E-state index contributed by atoms with van der Waals surface area (Å²) in [6.45, 7) is 0. The van der Waals surface area contributed by atoms with E-state index < -0.39 is 17.8 Å². The van der Waals surface area contributed by atoms with Crippen molar-refractivity contribution in [2.45, 2.75) is 5.92 Å². The number of carboxylic acid groups (broad SMARTS) is 1. The first-order valence-corrected chi connectivity index (χ1v) is 2.56. The van der Waals surface area contributed by atoms with E-state index in [2.05, 4.69) is 9.40 Å². The number of aliphatic carboxylic acids is 1. The Bertz CT molecular complexity index is 257. The van der Waals surface area contributed by atoms with Gasteiger partial charge in [-0.1, -0.05) is 0 Å². The molecular weight excluding hydrogens is 160 g/mol. The number of halogens is 2. The molecule has 1 rings (SSSR count). The van der Waals surface area contributed by atoms with Gasteiger partial charge in [0.15, 0.2) is 0 Å². The molecule has 0 aliphatic rings. The average molecular weight is 163 g/mol.